The van der Waals surface area contributed by atoms with E-state index < -0.39 is 10.1 Å². The molecule has 0 unspecified atom stereocenters. The van der Waals surface area contributed by atoms with Gasteiger partial charge in [0.05, 0.1) is 0 Å². The van der Waals surface area contributed by atoms with Crippen LogP contribution < -0.4 is 0 Å². The lowest BCUT2D eigenvalue weighted by molar-refractivity contribution is 0.484. The van der Waals surface area contributed by atoms with Gasteiger partial charge in [0, 0.05) is 5.39 Å². The van der Waals surface area contributed by atoms with Crippen LogP contribution in [0.2, 0.25) is 0 Å². The standard InChI is InChI=1S/C42H72O3S/c1-3-5-7-9-11-13-15-17-19-21-23-25-27-29-32-38-36-37-41(46(43,44)45)42-39(34-31-35-40(38)42)33-30-28-26-24-22-20-18-16-14-12-10-8-6-4-2/h31,34-37H,3-30,32-33H2,1-2H3,(H,43,44,45). The lowest BCUT2D eigenvalue weighted by atomic mass is 9.94. The number of aryl methyl sites for hydroxylation is 2. The molecule has 0 aromatic heterocycles. The minimum atomic E-state index is -4.28. The first-order valence-electron chi connectivity index (χ1n) is 20.0. The highest BCUT2D eigenvalue weighted by molar-refractivity contribution is 7.86. The first-order valence-corrected chi connectivity index (χ1v) is 21.4. The predicted octanol–water partition coefficient (Wildman–Crippen LogP) is 14.1. The second kappa shape index (κ2) is 26.6. The van der Waals surface area contributed by atoms with E-state index in [2.05, 4.69) is 32.0 Å². The summed E-state index contributed by atoms with van der Waals surface area (Å²) in [6, 6.07) is 9.77. The van der Waals surface area contributed by atoms with E-state index in [1.54, 1.807) is 6.07 Å². The second-order valence-corrected chi connectivity index (χ2v) is 15.6. The van der Waals surface area contributed by atoms with E-state index in [4.69, 9.17) is 0 Å². The van der Waals surface area contributed by atoms with Crippen molar-refractivity contribution < 1.29 is 13.0 Å². The highest BCUT2D eigenvalue weighted by atomic mass is 32.2. The zero-order chi connectivity index (χ0) is 33.1. The summed E-state index contributed by atoms with van der Waals surface area (Å²) in [5.41, 5.74) is 2.27. The van der Waals surface area contributed by atoms with E-state index >= 15 is 0 Å². The molecule has 0 atom stereocenters. The number of unbranched alkanes of at least 4 members (excludes halogenated alkanes) is 26. The van der Waals surface area contributed by atoms with Crippen LogP contribution in [-0.4, -0.2) is 13.0 Å². The zero-order valence-corrected chi connectivity index (χ0v) is 31.1. The van der Waals surface area contributed by atoms with Gasteiger partial charge in [-0.1, -0.05) is 205 Å². The van der Waals surface area contributed by atoms with Crippen molar-refractivity contribution in [1.82, 2.24) is 0 Å². The molecule has 0 radical (unpaired) electrons. The van der Waals surface area contributed by atoms with Crippen LogP contribution in [0.25, 0.3) is 10.8 Å². The van der Waals surface area contributed by atoms with Crippen LogP contribution in [0, 0.1) is 0 Å². The quantitative estimate of drug-likeness (QED) is 0.0649. The summed E-state index contributed by atoms with van der Waals surface area (Å²) in [6.45, 7) is 4.56. The third-order valence-electron chi connectivity index (χ3n) is 10.1. The summed E-state index contributed by atoms with van der Waals surface area (Å²) >= 11 is 0. The lowest BCUT2D eigenvalue weighted by Gasteiger charge is -2.14. The second-order valence-electron chi connectivity index (χ2n) is 14.2. The molecule has 0 fully saturated rings. The minimum Gasteiger partial charge on any atom is -0.282 e. The molecular weight excluding hydrogens is 585 g/mol. The van der Waals surface area contributed by atoms with Gasteiger partial charge in [-0.15, -0.1) is 0 Å². The molecule has 1 N–H and O–H groups in total. The Bertz CT molecular complexity index is 1120. The van der Waals surface area contributed by atoms with Crippen LogP contribution in [0.1, 0.15) is 205 Å². The maximum atomic E-state index is 12.4. The molecule has 46 heavy (non-hydrogen) atoms. The summed E-state index contributed by atoms with van der Waals surface area (Å²) in [5.74, 6) is 0. The average molecular weight is 657 g/mol. The predicted molar refractivity (Wildman–Crippen MR) is 202 cm³/mol. The zero-order valence-electron chi connectivity index (χ0n) is 30.3. The van der Waals surface area contributed by atoms with Gasteiger partial charge in [-0.3, -0.25) is 4.55 Å². The normalized spacial score (nSPS) is 12.0. The maximum Gasteiger partial charge on any atom is 0.295 e. The Balaban J connectivity index is 1.70. The fraction of sp³-hybridized carbons (Fsp3) is 0.762. The van der Waals surface area contributed by atoms with Gasteiger partial charge in [-0.2, -0.15) is 8.42 Å². The van der Waals surface area contributed by atoms with Crippen LogP contribution in [-0.2, 0) is 23.0 Å². The summed E-state index contributed by atoms with van der Waals surface area (Å²) in [4.78, 5) is 0.0770. The van der Waals surface area contributed by atoms with E-state index in [1.165, 1.54) is 173 Å². The van der Waals surface area contributed by atoms with E-state index in [1.807, 2.05) is 6.07 Å². The average Bonchev–Trinajstić information content (AvgIpc) is 3.04. The van der Waals surface area contributed by atoms with Crippen LogP contribution in [0.5, 0.6) is 0 Å². The van der Waals surface area contributed by atoms with Gasteiger partial charge in [0.25, 0.3) is 10.1 Å². The third kappa shape index (κ3) is 18.2. The van der Waals surface area contributed by atoms with Crippen molar-refractivity contribution in [3.63, 3.8) is 0 Å². The molecule has 3 nitrogen and oxygen atoms in total. The molecule has 264 valence electrons. The van der Waals surface area contributed by atoms with E-state index in [0.29, 0.717) is 0 Å². The topological polar surface area (TPSA) is 54.4 Å². The Morgan fingerprint density at radius 1 is 0.435 bits per heavy atom. The molecule has 0 saturated heterocycles. The maximum absolute atomic E-state index is 12.4. The number of benzene rings is 2. The van der Waals surface area contributed by atoms with Crippen LogP contribution in [0.15, 0.2) is 35.2 Å². The van der Waals surface area contributed by atoms with E-state index in [-0.39, 0.29) is 4.90 Å². The van der Waals surface area contributed by atoms with Gasteiger partial charge in [0.2, 0.25) is 0 Å². The van der Waals surface area contributed by atoms with Crippen LogP contribution in [0.4, 0.5) is 0 Å². The SMILES string of the molecule is CCCCCCCCCCCCCCCCc1ccc(S(=O)(=O)O)c2c(CCCCCCCCCCCCCCCC)cccc12. The van der Waals surface area contributed by atoms with Crippen molar-refractivity contribution in [2.75, 3.05) is 0 Å². The number of hydrogen-bond donors (Lipinski definition) is 1. The molecule has 0 amide bonds. The van der Waals surface area contributed by atoms with Gasteiger partial charge in [-0.25, -0.2) is 0 Å². The van der Waals surface area contributed by atoms with Gasteiger partial charge < -0.3 is 0 Å². The first kappa shape index (κ1) is 40.8. The van der Waals surface area contributed by atoms with Crippen molar-refractivity contribution in [3.05, 3.63) is 41.5 Å². The minimum absolute atomic E-state index is 0.0770. The largest absolute Gasteiger partial charge is 0.295 e. The molecule has 0 aliphatic carbocycles. The Labute approximate surface area is 285 Å². The molecule has 4 heteroatoms. The van der Waals surface area contributed by atoms with Crippen molar-refractivity contribution >= 4 is 20.9 Å². The van der Waals surface area contributed by atoms with Crippen molar-refractivity contribution in [2.24, 2.45) is 0 Å². The molecule has 2 aromatic carbocycles. The number of hydrogen-bond acceptors (Lipinski definition) is 2. The Kier molecular flexibility index (Phi) is 23.5. The lowest BCUT2D eigenvalue weighted by Crippen LogP contribution is -2.03. The molecule has 0 heterocycles. The summed E-state index contributed by atoms with van der Waals surface area (Å²) in [6.07, 6.45) is 39.3. The fourth-order valence-corrected chi connectivity index (χ4v) is 7.91. The Hall–Kier alpha value is -1.39. The molecule has 0 bridgehead atoms. The van der Waals surface area contributed by atoms with Gasteiger partial charge in [0.15, 0.2) is 0 Å². The number of fused-ring (bicyclic) bond motifs is 1. The molecule has 0 aliphatic heterocycles. The van der Waals surface area contributed by atoms with E-state index in [9.17, 15) is 13.0 Å². The molecular formula is C42H72O3S. The van der Waals surface area contributed by atoms with Crippen molar-refractivity contribution in [3.8, 4) is 0 Å². The Morgan fingerprint density at radius 3 is 1.15 bits per heavy atom. The first-order chi connectivity index (χ1) is 22.5. The summed E-state index contributed by atoms with van der Waals surface area (Å²) < 4.78 is 34.8. The fourth-order valence-electron chi connectivity index (χ4n) is 7.17. The molecule has 0 aliphatic rings. The molecule has 0 saturated carbocycles. The molecule has 2 aromatic rings. The number of rotatable bonds is 31. The highest BCUT2D eigenvalue weighted by Gasteiger charge is 2.18. The van der Waals surface area contributed by atoms with Gasteiger partial charge >= 0.3 is 0 Å². The summed E-state index contributed by atoms with van der Waals surface area (Å²) in [7, 11) is -4.28. The van der Waals surface area contributed by atoms with Crippen molar-refractivity contribution in [2.45, 2.75) is 211 Å². The monoisotopic (exact) mass is 657 g/mol. The van der Waals surface area contributed by atoms with Crippen molar-refractivity contribution in [1.29, 1.82) is 0 Å². The van der Waals surface area contributed by atoms with Gasteiger partial charge in [-0.05, 0) is 48.3 Å². The molecule has 2 rings (SSSR count). The smallest absolute Gasteiger partial charge is 0.282 e. The van der Waals surface area contributed by atoms with E-state index in [0.717, 1.165) is 42.0 Å². The Morgan fingerprint density at radius 2 is 0.783 bits per heavy atom. The molecule has 0 spiro atoms. The van der Waals surface area contributed by atoms with Gasteiger partial charge in [0.1, 0.15) is 4.90 Å². The highest BCUT2D eigenvalue weighted by Crippen LogP contribution is 2.31. The van der Waals surface area contributed by atoms with Crippen LogP contribution >= 0.6 is 0 Å². The summed E-state index contributed by atoms with van der Waals surface area (Å²) in [5, 5.41) is 1.76. The van der Waals surface area contributed by atoms with Crippen LogP contribution in [0.3, 0.4) is 0 Å². The third-order valence-corrected chi connectivity index (χ3v) is 11.0.